The highest BCUT2D eigenvalue weighted by Crippen LogP contribution is 1.92. The highest BCUT2D eigenvalue weighted by Gasteiger charge is 2.09. The lowest BCUT2D eigenvalue weighted by molar-refractivity contribution is -0.138. The molecule has 6 N–H and O–H groups in total. The standard InChI is InChI=1S/C6H13N3O3/c7-4(5(10)11)2-1-3-9-6(8)12/h4H,1-3,7H2,(H,10,11)(H3,8,9,12)/t4-/m0/s1/i6+1. The number of amides is 2. The van der Waals surface area contributed by atoms with E-state index in [0.29, 0.717) is 19.4 Å². The number of carboxylic acids is 1. The Morgan fingerprint density at radius 1 is 1.50 bits per heavy atom. The fourth-order valence-electron chi connectivity index (χ4n) is 0.657. The predicted octanol–water partition coefficient (Wildman–Crippen LogP) is -1.15. The normalized spacial score (nSPS) is 12.1. The smallest absolute Gasteiger partial charge is 0.320 e. The van der Waals surface area contributed by atoms with E-state index in [1.54, 1.807) is 0 Å². The Hall–Kier alpha value is -1.30. The van der Waals surface area contributed by atoms with Gasteiger partial charge in [0, 0.05) is 6.54 Å². The molecule has 0 unspecified atom stereocenters. The zero-order valence-corrected chi connectivity index (χ0v) is 6.62. The molecule has 0 aliphatic heterocycles. The van der Waals surface area contributed by atoms with Gasteiger partial charge in [0.05, 0.1) is 0 Å². The first kappa shape index (κ1) is 10.7. The number of hydrogen-bond acceptors (Lipinski definition) is 3. The maximum atomic E-state index is 10.2. The second-order valence-corrected chi connectivity index (χ2v) is 2.38. The van der Waals surface area contributed by atoms with Gasteiger partial charge < -0.3 is 21.9 Å². The number of primary amides is 1. The topological polar surface area (TPSA) is 118 Å². The van der Waals surface area contributed by atoms with Crippen molar-refractivity contribution in [3.05, 3.63) is 0 Å². The Labute approximate surface area is 69.9 Å². The first-order chi connectivity index (χ1) is 5.54. The molecule has 0 aliphatic carbocycles. The van der Waals surface area contributed by atoms with Gasteiger partial charge in [-0.1, -0.05) is 0 Å². The maximum absolute atomic E-state index is 10.2. The van der Waals surface area contributed by atoms with Crippen LogP contribution in [-0.4, -0.2) is 29.7 Å². The number of nitrogens with two attached hydrogens (primary N) is 2. The maximum Gasteiger partial charge on any atom is 0.320 e. The van der Waals surface area contributed by atoms with E-state index in [1.165, 1.54) is 0 Å². The summed E-state index contributed by atoms with van der Waals surface area (Å²) < 4.78 is 0. The molecule has 0 aromatic heterocycles. The van der Waals surface area contributed by atoms with Crippen LogP contribution in [0.15, 0.2) is 0 Å². The van der Waals surface area contributed by atoms with Crippen molar-refractivity contribution in [2.75, 3.05) is 6.54 Å². The third-order valence-corrected chi connectivity index (χ3v) is 1.31. The Morgan fingerprint density at radius 3 is 2.50 bits per heavy atom. The first-order valence-corrected chi connectivity index (χ1v) is 3.55. The Morgan fingerprint density at radius 2 is 2.08 bits per heavy atom. The minimum absolute atomic E-state index is 0.329. The Balaban J connectivity index is 3.31. The van der Waals surface area contributed by atoms with Gasteiger partial charge in [0.25, 0.3) is 0 Å². The van der Waals surface area contributed by atoms with Crippen LogP contribution in [0.1, 0.15) is 12.8 Å². The summed E-state index contributed by atoms with van der Waals surface area (Å²) in [6.45, 7) is 0.357. The molecule has 0 heterocycles. The molecular formula is C6H13N3O3. The molecule has 1 atom stereocenters. The van der Waals surface area contributed by atoms with Crippen molar-refractivity contribution in [3.8, 4) is 0 Å². The van der Waals surface area contributed by atoms with Crippen LogP contribution in [0.3, 0.4) is 0 Å². The van der Waals surface area contributed by atoms with Gasteiger partial charge in [-0.05, 0) is 12.8 Å². The summed E-state index contributed by atoms with van der Waals surface area (Å²) in [5.41, 5.74) is 9.96. The zero-order valence-electron chi connectivity index (χ0n) is 6.62. The van der Waals surface area contributed by atoms with Crippen LogP contribution < -0.4 is 16.8 Å². The van der Waals surface area contributed by atoms with Crippen LogP contribution in [-0.2, 0) is 4.79 Å². The number of aliphatic carboxylic acids is 1. The van der Waals surface area contributed by atoms with Gasteiger partial charge in [0.15, 0.2) is 0 Å². The highest BCUT2D eigenvalue weighted by atomic mass is 16.4. The number of carbonyl (C=O) groups is 2. The van der Waals surface area contributed by atoms with Gasteiger partial charge >= 0.3 is 12.0 Å². The van der Waals surface area contributed by atoms with Gasteiger partial charge in [-0.15, -0.1) is 0 Å². The summed E-state index contributed by atoms with van der Waals surface area (Å²) in [6, 6.07) is -1.47. The quantitative estimate of drug-likeness (QED) is 0.312. The molecule has 0 aromatic rings. The number of carbonyl (C=O) groups excluding carboxylic acids is 1. The molecule has 0 saturated heterocycles. The van der Waals surface area contributed by atoms with Gasteiger partial charge in [0.1, 0.15) is 6.04 Å². The fraction of sp³-hybridized carbons (Fsp3) is 0.667. The molecule has 0 aliphatic rings. The average molecular weight is 176 g/mol. The van der Waals surface area contributed by atoms with Crippen molar-refractivity contribution in [2.24, 2.45) is 11.5 Å². The average Bonchev–Trinajstić information content (AvgIpc) is 1.97. The molecule has 0 saturated carbocycles. The van der Waals surface area contributed by atoms with Gasteiger partial charge in [0.2, 0.25) is 0 Å². The molecule has 0 radical (unpaired) electrons. The van der Waals surface area contributed by atoms with Gasteiger partial charge in [-0.3, -0.25) is 4.79 Å². The lowest BCUT2D eigenvalue weighted by Crippen LogP contribution is -2.33. The Bertz CT molecular complexity index is 171. The lowest BCUT2D eigenvalue weighted by Gasteiger charge is -2.05. The van der Waals surface area contributed by atoms with Crippen LogP contribution in [0, 0.1) is 0 Å². The molecule has 6 heteroatoms. The minimum atomic E-state index is -1.03. The summed E-state index contributed by atoms with van der Waals surface area (Å²) in [6.07, 6.45) is 0.839. The van der Waals surface area contributed by atoms with Crippen molar-refractivity contribution in [1.29, 1.82) is 0 Å². The third-order valence-electron chi connectivity index (χ3n) is 1.31. The number of rotatable bonds is 5. The number of nitrogens with one attached hydrogen (secondary N) is 1. The van der Waals surface area contributed by atoms with Crippen molar-refractivity contribution in [1.82, 2.24) is 5.32 Å². The monoisotopic (exact) mass is 176 g/mol. The van der Waals surface area contributed by atoms with E-state index in [9.17, 15) is 9.59 Å². The minimum Gasteiger partial charge on any atom is -0.480 e. The second-order valence-electron chi connectivity index (χ2n) is 2.38. The molecule has 70 valence electrons. The summed E-state index contributed by atoms with van der Waals surface area (Å²) in [7, 11) is 0. The molecule has 6 nitrogen and oxygen atoms in total. The van der Waals surface area contributed by atoms with E-state index >= 15 is 0 Å². The van der Waals surface area contributed by atoms with Crippen LogP contribution in [0.2, 0.25) is 0 Å². The molecule has 0 fully saturated rings. The number of hydrogen-bond donors (Lipinski definition) is 4. The molecule has 0 rings (SSSR count). The third kappa shape index (κ3) is 5.48. The van der Waals surface area contributed by atoms with Crippen LogP contribution in [0.5, 0.6) is 0 Å². The van der Waals surface area contributed by atoms with Crippen molar-refractivity contribution in [2.45, 2.75) is 18.9 Å². The predicted molar refractivity (Wildman–Crippen MR) is 42.4 cm³/mol. The summed E-state index contributed by atoms with van der Waals surface area (Å²) in [4.78, 5) is 20.3. The molecule has 0 spiro atoms. The molecule has 2 amide bonds. The highest BCUT2D eigenvalue weighted by molar-refractivity contribution is 5.73. The van der Waals surface area contributed by atoms with E-state index in [2.05, 4.69) is 5.32 Å². The molecular weight excluding hydrogens is 163 g/mol. The first-order valence-electron chi connectivity index (χ1n) is 3.55. The largest absolute Gasteiger partial charge is 0.480 e. The Kier molecular flexibility index (Phi) is 4.78. The van der Waals surface area contributed by atoms with Gasteiger partial charge in [-0.2, -0.15) is 0 Å². The van der Waals surface area contributed by atoms with Crippen LogP contribution in [0.25, 0.3) is 0 Å². The summed E-state index contributed by atoms with van der Waals surface area (Å²) in [5, 5.41) is 10.7. The molecule has 0 bridgehead atoms. The van der Waals surface area contributed by atoms with E-state index in [1.807, 2.05) is 0 Å². The molecule has 0 aromatic carbocycles. The van der Waals surface area contributed by atoms with Gasteiger partial charge in [-0.25, -0.2) is 4.79 Å². The van der Waals surface area contributed by atoms with Crippen LogP contribution >= 0.6 is 0 Å². The molecule has 12 heavy (non-hydrogen) atoms. The van der Waals surface area contributed by atoms with Crippen molar-refractivity contribution >= 4 is 12.0 Å². The van der Waals surface area contributed by atoms with E-state index < -0.39 is 18.0 Å². The van der Waals surface area contributed by atoms with Crippen molar-refractivity contribution in [3.63, 3.8) is 0 Å². The van der Waals surface area contributed by atoms with Crippen molar-refractivity contribution < 1.29 is 14.7 Å². The lowest BCUT2D eigenvalue weighted by atomic mass is 10.2. The zero-order chi connectivity index (χ0) is 9.56. The summed E-state index contributed by atoms with van der Waals surface area (Å²) >= 11 is 0. The van der Waals surface area contributed by atoms with E-state index in [-0.39, 0.29) is 0 Å². The SMILES string of the molecule is N[C@@H](CCCN[13C](N)=O)C(=O)O. The number of urea groups is 1. The summed E-state index contributed by atoms with van der Waals surface area (Å²) in [5.74, 6) is -1.03. The van der Waals surface area contributed by atoms with E-state index in [4.69, 9.17) is 16.6 Å². The van der Waals surface area contributed by atoms with E-state index in [0.717, 1.165) is 0 Å². The number of carboxylic acid groups (broad SMARTS) is 1. The fourth-order valence-corrected chi connectivity index (χ4v) is 0.657. The second kappa shape index (κ2) is 5.36. The van der Waals surface area contributed by atoms with Crippen LogP contribution in [0.4, 0.5) is 4.79 Å².